The van der Waals surface area contributed by atoms with E-state index in [0.717, 1.165) is 4.47 Å². The molecule has 1 aliphatic rings. The van der Waals surface area contributed by atoms with Gasteiger partial charge in [0.2, 0.25) is 0 Å². The van der Waals surface area contributed by atoms with Crippen molar-refractivity contribution < 1.29 is 24.6 Å². The van der Waals surface area contributed by atoms with E-state index in [-0.39, 0.29) is 11.1 Å². The lowest BCUT2D eigenvalue weighted by Crippen LogP contribution is -2.30. The number of rotatable bonds is 4. The lowest BCUT2D eigenvalue weighted by atomic mass is 9.96. The van der Waals surface area contributed by atoms with E-state index in [1.165, 1.54) is 36.1 Å². The SMILES string of the molecule is CC(=O)C1=C(O)C(=O)N(c2ccc(C(=O)O)cc2)[C@H]1c1ccc(Br)cc1. The van der Waals surface area contributed by atoms with Crippen LogP contribution in [0, 0.1) is 0 Å². The molecule has 0 aromatic heterocycles. The summed E-state index contributed by atoms with van der Waals surface area (Å²) < 4.78 is 0.834. The lowest BCUT2D eigenvalue weighted by Gasteiger charge is -2.26. The standard InChI is InChI=1S/C19H14BrNO5/c1-10(22)15-16(11-2-6-13(20)7-3-11)21(18(24)17(15)23)14-8-4-12(5-9-14)19(25)26/h2-9,16,23H,1H3,(H,25,26)/t16-/m0/s1. The molecule has 0 aliphatic carbocycles. The minimum Gasteiger partial charge on any atom is -0.503 e. The number of aliphatic hydroxyl groups is 1. The quantitative estimate of drug-likeness (QED) is 0.794. The van der Waals surface area contributed by atoms with E-state index in [9.17, 15) is 19.5 Å². The molecule has 2 aromatic rings. The molecule has 0 saturated heterocycles. The molecule has 7 heteroatoms. The van der Waals surface area contributed by atoms with Crippen molar-refractivity contribution in [1.82, 2.24) is 0 Å². The van der Waals surface area contributed by atoms with E-state index in [2.05, 4.69) is 15.9 Å². The summed E-state index contributed by atoms with van der Waals surface area (Å²) in [6.07, 6.45) is 0. The third kappa shape index (κ3) is 3.01. The van der Waals surface area contributed by atoms with E-state index in [1.807, 2.05) is 0 Å². The first-order valence-electron chi connectivity index (χ1n) is 7.67. The molecule has 1 aliphatic heterocycles. The molecule has 0 unspecified atom stereocenters. The maximum absolute atomic E-state index is 12.6. The zero-order valence-corrected chi connectivity index (χ0v) is 15.2. The third-order valence-corrected chi connectivity index (χ3v) is 4.69. The van der Waals surface area contributed by atoms with Crippen LogP contribution in [0.5, 0.6) is 0 Å². The molecule has 1 heterocycles. The van der Waals surface area contributed by atoms with Gasteiger partial charge in [0.05, 0.1) is 17.2 Å². The first kappa shape index (κ1) is 17.9. The number of carbonyl (C=O) groups excluding carboxylic acids is 2. The van der Waals surface area contributed by atoms with Crippen molar-refractivity contribution in [1.29, 1.82) is 0 Å². The van der Waals surface area contributed by atoms with Gasteiger partial charge in [-0.2, -0.15) is 0 Å². The molecule has 2 N–H and O–H groups in total. The molecule has 0 bridgehead atoms. The van der Waals surface area contributed by atoms with Gasteiger partial charge in [-0.3, -0.25) is 14.5 Å². The number of hydrogen-bond donors (Lipinski definition) is 2. The number of benzene rings is 2. The normalized spacial score (nSPS) is 16.9. The summed E-state index contributed by atoms with van der Waals surface area (Å²) in [6.45, 7) is 1.29. The van der Waals surface area contributed by atoms with Gasteiger partial charge in [0.15, 0.2) is 11.5 Å². The number of hydrogen-bond acceptors (Lipinski definition) is 4. The number of Topliss-reactive ketones (excluding diaryl/α,β-unsaturated/α-hetero) is 1. The first-order chi connectivity index (χ1) is 12.3. The molecule has 0 spiro atoms. The highest BCUT2D eigenvalue weighted by Gasteiger charge is 2.43. The number of carboxylic acid groups (broad SMARTS) is 1. The van der Waals surface area contributed by atoms with E-state index < -0.39 is 29.5 Å². The van der Waals surface area contributed by atoms with E-state index in [0.29, 0.717) is 11.3 Å². The molecule has 3 rings (SSSR count). The van der Waals surface area contributed by atoms with E-state index in [1.54, 1.807) is 24.3 Å². The summed E-state index contributed by atoms with van der Waals surface area (Å²) in [5.74, 6) is -2.79. The Balaban J connectivity index is 2.13. The number of aliphatic hydroxyl groups excluding tert-OH is 1. The molecule has 6 nitrogen and oxygen atoms in total. The smallest absolute Gasteiger partial charge is 0.335 e. The van der Waals surface area contributed by atoms with Crippen LogP contribution >= 0.6 is 15.9 Å². The van der Waals surface area contributed by atoms with Crippen LogP contribution in [0.25, 0.3) is 0 Å². The highest BCUT2D eigenvalue weighted by Crippen LogP contribution is 2.41. The predicted octanol–water partition coefficient (Wildman–Crippen LogP) is 3.64. The highest BCUT2D eigenvalue weighted by molar-refractivity contribution is 9.10. The molecule has 1 amide bonds. The topological polar surface area (TPSA) is 94.9 Å². The van der Waals surface area contributed by atoms with Gasteiger partial charge < -0.3 is 10.2 Å². The molecular formula is C19H14BrNO5. The second-order valence-electron chi connectivity index (χ2n) is 5.80. The van der Waals surface area contributed by atoms with Gasteiger partial charge in [0.25, 0.3) is 5.91 Å². The van der Waals surface area contributed by atoms with Gasteiger partial charge in [-0.05, 0) is 48.9 Å². The highest BCUT2D eigenvalue weighted by atomic mass is 79.9. The number of halogens is 1. The zero-order chi connectivity index (χ0) is 19.0. The van der Waals surface area contributed by atoms with Crippen LogP contribution in [0.2, 0.25) is 0 Å². The van der Waals surface area contributed by atoms with Crippen LogP contribution in [0.15, 0.2) is 64.3 Å². The fourth-order valence-corrected chi connectivity index (χ4v) is 3.22. The van der Waals surface area contributed by atoms with Crippen molar-refractivity contribution in [2.75, 3.05) is 4.90 Å². The Kier molecular flexibility index (Phi) is 4.65. The Morgan fingerprint density at radius 3 is 2.12 bits per heavy atom. The van der Waals surface area contributed by atoms with Gasteiger partial charge in [0.1, 0.15) is 0 Å². The van der Waals surface area contributed by atoms with Gasteiger partial charge in [-0.1, -0.05) is 28.1 Å². The van der Waals surface area contributed by atoms with Crippen LogP contribution in [0.1, 0.15) is 28.9 Å². The zero-order valence-electron chi connectivity index (χ0n) is 13.6. The fourth-order valence-electron chi connectivity index (χ4n) is 2.96. The molecule has 2 aromatic carbocycles. The number of carbonyl (C=O) groups is 3. The van der Waals surface area contributed by atoms with Crippen molar-refractivity contribution in [3.63, 3.8) is 0 Å². The molecule has 26 heavy (non-hydrogen) atoms. The Morgan fingerprint density at radius 1 is 1.04 bits per heavy atom. The number of amides is 1. The second kappa shape index (κ2) is 6.76. The molecule has 0 saturated carbocycles. The van der Waals surface area contributed by atoms with Crippen LogP contribution in [0.4, 0.5) is 5.69 Å². The monoisotopic (exact) mass is 415 g/mol. The van der Waals surface area contributed by atoms with Gasteiger partial charge in [-0.25, -0.2) is 4.79 Å². The number of ketones is 1. The Hall–Kier alpha value is -2.93. The summed E-state index contributed by atoms with van der Waals surface area (Å²) in [5.41, 5.74) is 1.12. The summed E-state index contributed by atoms with van der Waals surface area (Å²) in [6, 6.07) is 12.0. The van der Waals surface area contributed by atoms with Crippen molar-refractivity contribution in [3.05, 3.63) is 75.5 Å². The van der Waals surface area contributed by atoms with Crippen LogP contribution < -0.4 is 4.90 Å². The summed E-state index contributed by atoms with van der Waals surface area (Å²) in [4.78, 5) is 37.0. The van der Waals surface area contributed by atoms with E-state index in [4.69, 9.17) is 5.11 Å². The average molecular weight is 416 g/mol. The van der Waals surface area contributed by atoms with Gasteiger partial charge in [-0.15, -0.1) is 0 Å². The largest absolute Gasteiger partial charge is 0.503 e. The number of anilines is 1. The molecule has 0 fully saturated rings. The molecular weight excluding hydrogens is 402 g/mol. The Bertz CT molecular complexity index is 931. The summed E-state index contributed by atoms with van der Waals surface area (Å²) >= 11 is 3.34. The summed E-state index contributed by atoms with van der Waals surface area (Å²) in [5, 5.41) is 19.3. The first-order valence-corrected chi connectivity index (χ1v) is 8.47. The van der Waals surface area contributed by atoms with Crippen molar-refractivity contribution in [3.8, 4) is 0 Å². The maximum Gasteiger partial charge on any atom is 0.335 e. The molecule has 132 valence electrons. The summed E-state index contributed by atoms with van der Waals surface area (Å²) in [7, 11) is 0. The average Bonchev–Trinajstić information content (AvgIpc) is 2.87. The fraction of sp³-hybridized carbons (Fsp3) is 0.105. The van der Waals surface area contributed by atoms with Crippen LogP contribution in [0.3, 0.4) is 0 Å². The molecule has 1 atom stereocenters. The number of carboxylic acids is 1. The van der Waals surface area contributed by atoms with Crippen molar-refractivity contribution in [2.45, 2.75) is 13.0 Å². The number of aromatic carboxylic acids is 1. The van der Waals surface area contributed by atoms with Crippen molar-refractivity contribution in [2.24, 2.45) is 0 Å². The van der Waals surface area contributed by atoms with Crippen LogP contribution in [-0.2, 0) is 9.59 Å². The van der Waals surface area contributed by atoms with Crippen molar-refractivity contribution >= 4 is 39.3 Å². The van der Waals surface area contributed by atoms with E-state index >= 15 is 0 Å². The Morgan fingerprint density at radius 2 is 1.62 bits per heavy atom. The minimum atomic E-state index is -1.08. The van der Waals surface area contributed by atoms with Crippen LogP contribution in [-0.4, -0.2) is 27.9 Å². The van der Waals surface area contributed by atoms with Gasteiger partial charge in [0, 0.05) is 10.2 Å². The lowest BCUT2D eigenvalue weighted by molar-refractivity contribution is -0.117. The molecule has 0 radical (unpaired) electrons. The maximum atomic E-state index is 12.6. The minimum absolute atomic E-state index is 0.0135. The van der Waals surface area contributed by atoms with Gasteiger partial charge >= 0.3 is 5.97 Å². The third-order valence-electron chi connectivity index (χ3n) is 4.17. The Labute approximate surface area is 157 Å². The number of nitrogens with zero attached hydrogens (tertiary/aromatic N) is 1. The predicted molar refractivity (Wildman–Crippen MR) is 98.1 cm³/mol. The second-order valence-corrected chi connectivity index (χ2v) is 6.72.